The number of esters is 2. The molecule has 0 aromatic carbocycles. The minimum atomic E-state index is -0.349. The van der Waals surface area contributed by atoms with Crippen LogP contribution in [0, 0.1) is 23.7 Å². The van der Waals surface area contributed by atoms with Crippen LogP contribution in [-0.2, 0) is 19.1 Å². The van der Waals surface area contributed by atoms with Gasteiger partial charge in [0.05, 0.1) is 25.0 Å². The highest BCUT2D eigenvalue weighted by molar-refractivity contribution is 5.84. The number of hydrogen-bond acceptors (Lipinski definition) is 4. The monoisotopic (exact) mass is 252 g/mol. The van der Waals surface area contributed by atoms with E-state index >= 15 is 0 Å². The van der Waals surface area contributed by atoms with Crippen molar-refractivity contribution in [1.82, 2.24) is 0 Å². The Morgan fingerprint density at radius 3 is 2.28 bits per heavy atom. The molecule has 4 atom stereocenters. The van der Waals surface area contributed by atoms with Crippen molar-refractivity contribution >= 4 is 11.9 Å². The van der Waals surface area contributed by atoms with Crippen LogP contribution in [-0.4, -0.2) is 25.2 Å². The number of ether oxygens (including phenoxy) is 2. The van der Waals surface area contributed by atoms with Gasteiger partial charge in [0.15, 0.2) is 0 Å². The minimum Gasteiger partial charge on any atom is -0.466 e. The van der Waals surface area contributed by atoms with Crippen LogP contribution < -0.4 is 0 Å². The van der Waals surface area contributed by atoms with Crippen molar-refractivity contribution in [1.29, 1.82) is 0 Å². The van der Waals surface area contributed by atoms with Crippen molar-refractivity contribution in [3.8, 4) is 0 Å². The zero-order valence-electron chi connectivity index (χ0n) is 11.1. The molecule has 0 radical (unpaired) electrons. The van der Waals surface area contributed by atoms with Gasteiger partial charge in [-0.2, -0.15) is 0 Å². The molecule has 0 aromatic rings. The molecular formula is C14H20O4. The predicted molar refractivity (Wildman–Crippen MR) is 65.6 cm³/mol. The Kier molecular flexibility index (Phi) is 3.73. The average Bonchev–Trinajstić information content (AvgIpc) is 2.85. The van der Waals surface area contributed by atoms with E-state index in [0.717, 1.165) is 6.42 Å². The molecule has 0 heterocycles. The van der Waals surface area contributed by atoms with Gasteiger partial charge in [-0.25, -0.2) is 0 Å². The Labute approximate surface area is 107 Å². The normalized spacial score (nSPS) is 33.2. The van der Waals surface area contributed by atoms with Gasteiger partial charge < -0.3 is 9.47 Å². The van der Waals surface area contributed by atoms with E-state index in [1.54, 1.807) is 13.8 Å². The van der Waals surface area contributed by atoms with Gasteiger partial charge in [-0.15, -0.1) is 0 Å². The maximum atomic E-state index is 12.0. The lowest BCUT2D eigenvalue weighted by atomic mass is 9.80. The molecular weight excluding hydrogens is 232 g/mol. The van der Waals surface area contributed by atoms with E-state index in [1.165, 1.54) is 5.57 Å². The molecule has 0 aromatic heterocycles. The summed E-state index contributed by atoms with van der Waals surface area (Å²) in [4.78, 5) is 24.0. The fraction of sp³-hybridized carbons (Fsp3) is 0.714. The van der Waals surface area contributed by atoms with Crippen molar-refractivity contribution in [2.75, 3.05) is 13.2 Å². The molecule has 4 unspecified atom stereocenters. The highest BCUT2D eigenvalue weighted by atomic mass is 16.5. The Balaban J connectivity index is 2.21. The lowest BCUT2D eigenvalue weighted by molar-refractivity contribution is -0.161. The van der Waals surface area contributed by atoms with Gasteiger partial charge in [-0.3, -0.25) is 9.59 Å². The van der Waals surface area contributed by atoms with Gasteiger partial charge in [0.25, 0.3) is 0 Å². The van der Waals surface area contributed by atoms with Crippen molar-refractivity contribution < 1.29 is 19.1 Å². The van der Waals surface area contributed by atoms with E-state index in [4.69, 9.17) is 9.47 Å². The standard InChI is InChI=1S/C14H20O4/c1-4-17-13(15)11-9-6-8(3)10(7-9)12(11)14(16)18-5-2/h6,9-12H,4-5,7H2,1-3H3. The first kappa shape index (κ1) is 13.1. The molecule has 2 aliphatic carbocycles. The zero-order valence-corrected chi connectivity index (χ0v) is 11.1. The average molecular weight is 252 g/mol. The van der Waals surface area contributed by atoms with Crippen molar-refractivity contribution in [3.05, 3.63) is 11.6 Å². The van der Waals surface area contributed by atoms with Crippen molar-refractivity contribution in [2.45, 2.75) is 27.2 Å². The first-order valence-electron chi connectivity index (χ1n) is 6.61. The summed E-state index contributed by atoms with van der Waals surface area (Å²) in [6, 6.07) is 0. The topological polar surface area (TPSA) is 52.6 Å². The quantitative estimate of drug-likeness (QED) is 0.567. The van der Waals surface area contributed by atoms with Crippen LogP contribution in [0.5, 0.6) is 0 Å². The first-order chi connectivity index (χ1) is 8.60. The molecule has 1 fully saturated rings. The summed E-state index contributed by atoms with van der Waals surface area (Å²) >= 11 is 0. The summed E-state index contributed by atoms with van der Waals surface area (Å²) in [5.74, 6) is -0.911. The van der Waals surface area contributed by atoms with Crippen LogP contribution >= 0.6 is 0 Å². The summed E-state index contributed by atoms with van der Waals surface area (Å²) in [7, 11) is 0. The SMILES string of the molecule is CCOC(=O)C1C2C=C(C)C(C2)C1C(=O)OCC. The molecule has 2 rings (SSSR count). The third kappa shape index (κ3) is 2.04. The Hall–Kier alpha value is -1.32. The van der Waals surface area contributed by atoms with E-state index in [-0.39, 0.29) is 35.6 Å². The Bertz CT molecular complexity index is 385. The second-order valence-electron chi connectivity index (χ2n) is 4.97. The highest BCUT2D eigenvalue weighted by Crippen LogP contribution is 2.52. The molecule has 2 bridgehead atoms. The lowest BCUT2D eigenvalue weighted by Crippen LogP contribution is -2.36. The molecule has 0 amide bonds. The van der Waals surface area contributed by atoms with Crippen LogP contribution in [0.4, 0.5) is 0 Å². The molecule has 0 spiro atoms. The fourth-order valence-corrected chi connectivity index (χ4v) is 3.31. The van der Waals surface area contributed by atoms with Crippen LogP contribution in [0.2, 0.25) is 0 Å². The smallest absolute Gasteiger partial charge is 0.310 e. The van der Waals surface area contributed by atoms with Gasteiger partial charge >= 0.3 is 11.9 Å². The maximum Gasteiger partial charge on any atom is 0.310 e. The number of rotatable bonds is 4. The highest BCUT2D eigenvalue weighted by Gasteiger charge is 2.54. The number of carbonyl (C=O) groups is 2. The summed E-state index contributed by atoms with van der Waals surface area (Å²) in [5, 5.41) is 0. The van der Waals surface area contributed by atoms with Gasteiger partial charge in [0.2, 0.25) is 0 Å². The summed E-state index contributed by atoms with van der Waals surface area (Å²) in [5.41, 5.74) is 1.21. The van der Waals surface area contributed by atoms with E-state index < -0.39 is 0 Å². The maximum absolute atomic E-state index is 12.0. The lowest BCUT2D eigenvalue weighted by Gasteiger charge is -2.26. The third-order valence-electron chi connectivity index (χ3n) is 3.99. The summed E-state index contributed by atoms with van der Waals surface area (Å²) < 4.78 is 10.2. The largest absolute Gasteiger partial charge is 0.466 e. The van der Waals surface area contributed by atoms with E-state index in [2.05, 4.69) is 6.08 Å². The molecule has 1 saturated carbocycles. The molecule has 0 N–H and O–H groups in total. The van der Waals surface area contributed by atoms with Gasteiger partial charge in [-0.1, -0.05) is 11.6 Å². The number of allylic oxidation sites excluding steroid dienone is 2. The van der Waals surface area contributed by atoms with E-state index in [1.807, 2.05) is 6.92 Å². The molecule has 0 saturated heterocycles. The first-order valence-corrected chi connectivity index (χ1v) is 6.61. The van der Waals surface area contributed by atoms with E-state index in [0.29, 0.717) is 13.2 Å². The molecule has 2 aliphatic rings. The number of fused-ring (bicyclic) bond motifs is 2. The number of carbonyl (C=O) groups excluding carboxylic acids is 2. The second-order valence-corrected chi connectivity index (χ2v) is 4.97. The van der Waals surface area contributed by atoms with Crippen molar-refractivity contribution in [3.63, 3.8) is 0 Å². The van der Waals surface area contributed by atoms with Gasteiger partial charge in [-0.05, 0) is 39.0 Å². The second kappa shape index (κ2) is 5.12. The summed E-state index contributed by atoms with van der Waals surface area (Å²) in [6.07, 6.45) is 2.99. The van der Waals surface area contributed by atoms with Gasteiger partial charge in [0.1, 0.15) is 0 Å². The van der Waals surface area contributed by atoms with E-state index in [9.17, 15) is 9.59 Å². The van der Waals surface area contributed by atoms with Crippen molar-refractivity contribution in [2.24, 2.45) is 23.7 Å². The predicted octanol–water partition coefficient (Wildman–Crippen LogP) is 1.94. The fourth-order valence-electron chi connectivity index (χ4n) is 3.31. The molecule has 0 aliphatic heterocycles. The minimum absolute atomic E-state index is 0.142. The van der Waals surface area contributed by atoms with Gasteiger partial charge in [0, 0.05) is 0 Å². The Morgan fingerprint density at radius 1 is 1.17 bits per heavy atom. The van der Waals surface area contributed by atoms with Crippen LogP contribution in [0.3, 0.4) is 0 Å². The van der Waals surface area contributed by atoms with Crippen LogP contribution in [0.25, 0.3) is 0 Å². The third-order valence-corrected chi connectivity index (χ3v) is 3.99. The molecule has 4 heteroatoms. The molecule has 4 nitrogen and oxygen atoms in total. The summed E-state index contributed by atoms with van der Waals surface area (Å²) in [6.45, 7) is 6.30. The zero-order chi connectivity index (χ0) is 13.3. The molecule has 100 valence electrons. The number of hydrogen-bond donors (Lipinski definition) is 0. The van der Waals surface area contributed by atoms with Crippen LogP contribution in [0.1, 0.15) is 27.2 Å². The van der Waals surface area contributed by atoms with Crippen LogP contribution in [0.15, 0.2) is 11.6 Å². The Morgan fingerprint density at radius 2 is 1.72 bits per heavy atom. The molecule has 18 heavy (non-hydrogen) atoms.